The molecule has 0 bridgehead atoms. The van der Waals surface area contributed by atoms with Crippen LogP contribution in [0.25, 0.3) is 0 Å². The lowest BCUT2D eigenvalue weighted by molar-refractivity contribution is -0.146. The van der Waals surface area contributed by atoms with E-state index in [9.17, 15) is 13.8 Å². The first-order valence-corrected chi connectivity index (χ1v) is 15.7. The highest BCUT2D eigenvalue weighted by Crippen LogP contribution is 2.41. The molecule has 0 saturated heterocycles. The van der Waals surface area contributed by atoms with Gasteiger partial charge < -0.3 is 19.7 Å². The van der Waals surface area contributed by atoms with Gasteiger partial charge in [-0.3, -0.25) is 9.59 Å². The van der Waals surface area contributed by atoms with E-state index in [0.29, 0.717) is 60.3 Å². The summed E-state index contributed by atoms with van der Waals surface area (Å²) in [6.07, 6.45) is 1.65. The molecular formula is C32H37Cl2N3O5S. The van der Waals surface area contributed by atoms with Crippen molar-refractivity contribution < 1.29 is 23.3 Å². The number of amides is 1. The molecule has 0 radical (unpaired) electrons. The van der Waals surface area contributed by atoms with Gasteiger partial charge >= 0.3 is 5.97 Å². The highest BCUT2D eigenvalue weighted by Gasteiger charge is 2.37. The molecule has 11 heteroatoms. The van der Waals surface area contributed by atoms with Crippen LogP contribution in [0.4, 0.5) is 5.69 Å². The maximum Gasteiger partial charge on any atom is 0.304 e. The van der Waals surface area contributed by atoms with Crippen molar-refractivity contribution >= 4 is 52.6 Å². The van der Waals surface area contributed by atoms with E-state index in [0.717, 1.165) is 18.5 Å². The summed E-state index contributed by atoms with van der Waals surface area (Å²) in [5.74, 6) is 0.263. The van der Waals surface area contributed by atoms with E-state index in [1.165, 1.54) is 18.1 Å². The van der Waals surface area contributed by atoms with Crippen LogP contribution in [-0.2, 0) is 38.3 Å². The summed E-state index contributed by atoms with van der Waals surface area (Å²) in [6.45, 7) is 3.95. The Balaban J connectivity index is 0.00000423. The van der Waals surface area contributed by atoms with Crippen molar-refractivity contribution in [3.8, 4) is 5.75 Å². The van der Waals surface area contributed by atoms with E-state index in [4.69, 9.17) is 21.1 Å². The molecule has 1 N–H and O–H groups in total. The van der Waals surface area contributed by atoms with Crippen LogP contribution < -0.4 is 14.4 Å². The predicted molar refractivity (Wildman–Crippen MR) is 171 cm³/mol. The largest absolute Gasteiger partial charge is 0.497 e. The fraction of sp³-hybridized carbons (Fsp3) is 0.375. The minimum Gasteiger partial charge on any atom is -0.497 e. The number of esters is 1. The van der Waals surface area contributed by atoms with Crippen LogP contribution in [0.15, 0.2) is 71.6 Å². The number of halogens is 2. The van der Waals surface area contributed by atoms with Gasteiger partial charge in [-0.25, -0.2) is 8.51 Å². The Morgan fingerprint density at radius 3 is 2.49 bits per heavy atom. The van der Waals surface area contributed by atoms with Gasteiger partial charge in [-0.2, -0.15) is 0 Å². The molecular weight excluding hydrogens is 609 g/mol. The number of carbonyl (C=O) groups is 2. The van der Waals surface area contributed by atoms with E-state index in [2.05, 4.69) is 17.4 Å². The predicted octanol–water partition coefficient (Wildman–Crippen LogP) is 5.63. The summed E-state index contributed by atoms with van der Waals surface area (Å²) in [6, 6.07) is 21.0. The van der Waals surface area contributed by atoms with Gasteiger partial charge in [-0.05, 0) is 72.3 Å². The number of anilines is 1. The van der Waals surface area contributed by atoms with Gasteiger partial charge in [0.2, 0.25) is 5.91 Å². The molecule has 230 valence electrons. The molecule has 2 heterocycles. The van der Waals surface area contributed by atoms with E-state index >= 15 is 0 Å². The molecule has 2 aliphatic heterocycles. The molecule has 3 aromatic rings. The summed E-state index contributed by atoms with van der Waals surface area (Å²) in [5.41, 5.74) is 4.05. The molecule has 3 atom stereocenters. The van der Waals surface area contributed by atoms with E-state index in [-0.39, 0.29) is 24.2 Å². The topological polar surface area (TPSA) is 88.2 Å². The zero-order chi connectivity index (χ0) is 29.6. The van der Waals surface area contributed by atoms with Crippen molar-refractivity contribution in [2.24, 2.45) is 0 Å². The third kappa shape index (κ3) is 7.70. The van der Waals surface area contributed by atoms with E-state index in [1.54, 1.807) is 41.7 Å². The van der Waals surface area contributed by atoms with Crippen LogP contribution in [-0.4, -0.2) is 54.0 Å². The quantitative estimate of drug-likeness (QED) is 0.240. The molecule has 0 spiro atoms. The van der Waals surface area contributed by atoms with Gasteiger partial charge in [-0.15, -0.1) is 12.4 Å². The van der Waals surface area contributed by atoms with Crippen molar-refractivity contribution in [3.63, 3.8) is 0 Å². The zero-order valence-electron chi connectivity index (χ0n) is 24.3. The molecule has 0 aliphatic carbocycles. The van der Waals surface area contributed by atoms with Gasteiger partial charge in [-0.1, -0.05) is 48.0 Å². The highest BCUT2D eigenvalue weighted by molar-refractivity contribution is 7.86. The zero-order valence-corrected chi connectivity index (χ0v) is 26.7. The minimum atomic E-state index is -1.73. The second kappa shape index (κ2) is 15.1. The molecule has 2 aliphatic rings. The molecule has 0 fully saturated rings. The molecule has 8 nitrogen and oxygen atoms in total. The van der Waals surface area contributed by atoms with Crippen LogP contribution in [0.3, 0.4) is 0 Å². The number of benzene rings is 3. The maximum absolute atomic E-state index is 14.1. The third-order valence-electron chi connectivity index (χ3n) is 7.84. The normalized spacial score (nSPS) is 19.4. The van der Waals surface area contributed by atoms with Crippen LogP contribution in [0, 0.1) is 0 Å². The van der Waals surface area contributed by atoms with Crippen molar-refractivity contribution in [3.05, 3.63) is 88.4 Å². The first-order valence-electron chi connectivity index (χ1n) is 14.2. The van der Waals surface area contributed by atoms with E-state index < -0.39 is 23.2 Å². The summed E-state index contributed by atoms with van der Waals surface area (Å²) < 4.78 is 26.8. The molecule has 1 amide bonds. The lowest BCUT2D eigenvalue weighted by Gasteiger charge is -2.30. The summed E-state index contributed by atoms with van der Waals surface area (Å²) in [7, 11) is -0.148. The minimum absolute atomic E-state index is 0. The van der Waals surface area contributed by atoms with Crippen LogP contribution in [0.2, 0.25) is 5.02 Å². The Bertz CT molecular complexity index is 1460. The number of rotatable bonds is 9. The smallest absolute Gasteiger partial charge is 0.304 e. The average Bonchev–Trinajstić information content (AvgIpc) is 3.10. The number of nitrogens with one attached hydrogen (secondary N) is 1. The van der Waals surface area contributed by atoms with Gasteiger partial charge in [0.25, 0.3) is 0 Å². The van der Waals surface area contributed by atoms with Gasteiger partial charge in [0, 0.05) is 39.4 Å². The number of methoxy groups -OCH3 is 1. The number of carbonyl (C=O) groups excluding carboxylic acids is 2. The fourth-order valence-electron chi connectivity index (χ4n) is 5.72. The lowest BCUT2D eigenvalue weighted by Crippen LogP contribution is -2.39. The van der Waals surface area contributed by atoms with Gasteiger partial charge in [0.15, 0.2) is 17.2 Å². The van der Waals surface area contributed by atoms with Crippen molar-refractivity contribution in [1.82, 2.24) is 10.2 Å². The van der Waals surface area contributed by atoms with Gasteiger partial charge in [0.05, 0.1) is 22.7 Å². The van der Waals surface area contributed by atoms with Gasteiger partial charge in [0.1, 0.15) is 5.75 Å². The molecule has 0 saturated carbocycles. The average molecular weight is 647 g/mol. The number of fused-ring (bicyclic) bond motifs is 2. The van der Waals surface area contributed by atoms with Crippen molar-refractivity contribution in [2.75, 3.05) is 31.0 Å². The molecule has 2 unspecified atom stereocenters. The van der Waals surface area contributed by atoms with Crippen molar-refractivity contribution in [1.29, 1.82) is 0 Å². The monoisotopic (exact) mass is 645 g/mol. The fourth-order valence-corrected chi connectivity index (χ4v) is 7.62. The summed E-state index contributed by atoms with van der Waals surface area (Å²) in [4.78, 5) is 27.5. The first-order chi connectivity index (χ1) is 20.4. The number of hydrogen-bond donors (Lipinski definition) is 1. The molecule has 5 rings (SSSR count). The Labute approximate surface area is 266 Å². The lowest BCUT2D eigenvalue weighted by atomic mass is 9.91. The SMILES string of the molecule is COc1ccc(N2[C@@H](OC(C)=O)CC(CCNCCC(=O)N3CCc4ccccc4C3)c3cccc(Cl)c3S2=O)cc1.Cl. The maximum atomic E-state index is 14.1. The van der Waals surface area contributed by atoms with Crippen LogP contribution in [0.1, 0.15) is 48.8 Å². The first kappa shape index (κ1) is 32.8. The van der Waals surface area contributed by atoms with Crippen molar-refractivity contribution in [2.45, 2.75) is 56.2 Å². The Hall–Kier alpha value is -3.11. The van der Waals surface area contributed by atoms with Crippen LogP contribution >= 0.6 is 24.0 Å². The highest BCUT2D eigenvalue weighted by atomic mass is 35.5. The molecule has 3 aromatic carbocycles. The standard InChI is InChI=1S/C32H36ClN3O5S.ClH/c1-22(37)41-31-20-24(14-17-34-18-15-30(38)35-19-16-23-6-3-4-7-25(23)21-35)28-8-5-9-29(33)32(28)42(39)36(31)26-10-12-27(40-2)13-11-26;/h3-13,24,31,34H,14-21H2,1-2H3;1H/t24?,31-,42?;/m0./s1. The third-order valence-corrected chi connectivity index (χ3v) is 9.87. The Morgan fingerprint density at radius 2 is 1.77 bits per heavy atom. The number of ether oxygens (including phenoxy) is 2. The number of hydrogen-bond acceptors (Lipinski definition) is 6. The van der Waals surface area contributed by atoms with Crippen LogP contribution in [0.5, 0.6) is 5.75 Å². The Kier molecular flexibility index (Phi) is 11.5. The Morgan fingerprint density at radius 1 is 1.02 bits per heavy atom. The summed E-state index contributed by atoms with van der Waals surface area (Å²) in [5, 5.41) is 3.82. The summed E-state index contributed by atoms with van der Waals surface area (Å²) >= 11 is 6.65. The second-order valence-electron chi connectivity index (χ2n) is 10.6. The van der Waals surface area contributed by atoms with E-state index in [1.807, 2.05) is 29.2 Å². The number of nitrogens with zero attached hydrogens (tertiary/aromatic N) is 2. The molecule has 43 heavy (non-hydrogen) atoms. The molecule has 0 aromatic heterocycles. The second-order valence-corrected chi connectivity index (χ2v) is 12.3.